The molecule has 0 unspecified atom stereocenters. The molecule has 3 aromatic carbocycles. The number of amides is 1. The number of aromatic nitrogens is 1. The summed E-state index contributed by atoms with van der Waals surface area (Å²) in [5.41, 5.74) is 5.01. The summed E-state index contributed by atoms with van der Waals surface area (Å²) in [4.78, 5) is 11.8. The molecule has 8 heteroatoms. The summed E-state index contributed by atoms with van der Waals surface area (Å²) < 4.78 is 68.8. The van der Waals surface area contributed by atoms with E-state index in [9.17, 15) is 26.7 Å². The summed E-state index contributed by atoms with van der Waals surface area (Å²) in [5.74, 6) is -2.19. The van der Waals surface area contributed by atoms with Crippen LogP contribution in [0.15, 0.2) is 48.5 Å². The number of rotatable bonds is 3. The molecule has 0 aliphatic rings. The Labute approximate surface area is 161 Å². The van der Waals surface area contributed by atoms with E-state index in [0.717, 1.165) is 18.2 Å². The van der Waals surface area contributed by atoms with Crippen molar-refractivity contribution < 1.29 is 26.7 Å². The minimum absolute atomic E-state index is 0.152. The fourth-order valence-corrected chi connectivity index (χ4v) is 3.45. The van der Waals surface area contributed by atoms with Gasteiger partial charge in [-0.3, -0.25) is 4.79 Å². The zero-order valence-corrected chi connectivity index (χ0v) is 14.6. The molecule has 147 valence electrons. The van der Waals surface area contributed by atoms with E-state index in [-0.39, 0.29) is 23.2 Å². The molecule has 3 nitrogen and oxygen atoms in total. The second-order valence-electron chi connectivity index (χ2n) is 6.53. The molecule has 0 bridgehead atoms. The van der Waals surface area contributed by atoms with E-state index >= 15 is 0 Å². The van der Waals surface area contributed by atoms with E-state index in [4.69, 9.17) is 5.73 Å². The zero-order valence-electron chi connectivity index (χ0n) is 14.6. The second-order valence-corrected chi connectivity index (χ2v) is 6.53. The number of hydrogen-bond acceptors (Lipinski definition) is 1. The predicted molar refractivity (Wildman–Crippen MR) is 97.3 cm³/mol. The summed E-state index contributed by atoms with van der Waals surface area (Å²) >= 11 is 0. The second kappa shape index (κ2) is 6.58. The number of hydrogen-bond donors (Lipinski definition) is 1. The molecule has 0 saturated heterocycles. The number of fused-ring (bicyclic) bond motifs is 3. The molecule has 0 fully saturated rings. The Morgan fingerprint density at radius 2 is 1.83 bits per heavy atom. The summed E-state index contributed by atoms with van der Waals surface area (Å²) in [6, 6.07) is 11.7. The summed E-state index contributed by atoms with van der Waals surface area (Å²) in [6.07, 6.45) is -4.64. The van der Waals surface area contributed by atoms with Crippen molar-refractivity contribution in [3.8, 4) is 0 Å². The van der Waals surface area contributed by atoms with Gasteiger partial charge in [0.05, 0.1) is 23.1 Å². The minimum Gasteiger partial charge on any atom is -0.366 e. The van der Waals surface area contributed by atoms with Crippen LogP contribution in [0.4, 0.5) is 22.0 Å². The highest BCUT2D eigenvalue weighted by atomic mass is 19.4. The van der Waals surface area contributed by atoms with Gasteiger partial charge in [0.1, 0.15) is 11.6 Å². The molecular weight excluding hydrogens is 391 g/mol. The molecular formula is C21H12F5N2O. The molecule has 0 aliphatic carbocycles. The van der Waals surface area contributed by atoms with Crippen LogP contribution in [0.1, 0.15) is 21.5 Å². The number of nitrogens with two attached hydrogens (primary N) is 1. The van der Waals surface area contributed by atoms with Crippen LogP contribution in [0.25, 0.3) is 21.8 Å². The molecule has 0 spiro atoms. The molecule has 1 heterocycles. The van der Waals surface area contributed by atoms with Gasteiger partial charge in [-0.05, 0) is 48.5 Å². The predicted octanol–water partition coefficient (Wildman–Crippen LogP) is 5.04. The van der Waals surface area contributed by atoms with Gasteiger partial charge >= 0.3 is 6.18 Å². The average Bonchev–Trinajstić information content (AvgIpc) is 2.95. The summed E-state index contributed by atoms with van der Waals surface area (Å²) in [6.45, 7) is -0.310. The molecule has 1 amide bonds. The van der Waals surface area contributed by atoms with Gasteiger partial charge in [0.15, 0.2) is 0 Å². The van der Waals surface area contributed by atoms with Crippen LogP contribution >= 0.6 is 0 Å². The smallest absolute Gasteiger partial charge is 0.366 e. The molecule has 0 saturated carbocycles. The topological polar surface area (TPSA) is 48.0 Å². The van der Waals surface area contributed by atoms with Crippen LogP contribution < -0.4 is 5.73 Å². The van der Waals surface area contributed by atoms with E-state index < -0.39 is 29.3 Å². The van der Waals surface area contributed by atoms with Crippen LogP contribution in [-0.2, 0) is 12.7 Å². The van der Waals surface area contributed by atoms with Crippen molar-refractivity contribution >= 4 is 27.7 Å². The quantitative estimate of drug-likeness (QED) is 0.479. The van der Waals surface area contributed by atoms with Crippen molar-refractivity contribution in [2.24, 2.45) is 5.73 Å². The van der Waals surface area contributed by atoms with Crippen molar-refractivity contribution in [2.75, 3.05) is 0 Å². The first kappa shape index (κ1) is 18.9. The third kappa shape index (κ3) is 3.20. The third-order valence-corrected chi connectivity index (χ3v) is 4.73. The zero-order chi connectivity index (χ0) is 20.9. The lowest BCUT2D eigenvalue weighted by atomic mass is 10.1. The Bertz CT molecular complexity index is 1270. The van der Waals surface area contributed by atoms with Gasteiger partial charge in [-0.2, -0.15) is 13.2 Å². The Morgan fingerprint density at radius 3 is 2.52 bits per heavy atom. The van der Waals surface area contributed by atoms with Crippen molar-refractivity contribution in [3.05, 3.63) is 82.9 Å². The van der Waals surface area contributed by atoms with E-state index in [2.05, 4.69) is 6.07 Å². The number of nitrogens with zero attached hydrogens (tertiary/aromatic N) is 1. The maximum Gasteiger partial charge on any atom is 0.416 e. The molecule has 4 rings (SSSR count). The van der Waals surface area contributed by atoms with Crippen LogP contribution in [0.3, 0.4) is 0 Å². The van der Waals surface area contributed by atoms with Gasteiger partial charge in [-0.15, -0.1) is 0 Å². The molecule has 0 aliphatic heterocycles. The van der Waals surface area contributed by atoms with Gasteiger partial charge in [0.2, 0.25) is 5.91 Å². The number of carbonyl (C=O) groups excluding carboxylic acids is 1. The maximum atomic E-state index is 14.3. The summed E-state index contributed by atoms with van der Waals surface area (Å²) in [5, 5.41) is 0.741. The Balaban J connectivity index is 2.00. The molecule has 0 atom stereocenters. The number of carbonyl (C=O) groups is 1. The number of primary amides is 1. The fourth-order valence-electron chi connectivity index (χ4n) is 3.45. The average molecular weight is 403 g/mol. The third-order valence-electron chi connectivity index (χ3n) is 4.73. The Kier molecular flexibility index (Phi) is 4.29. The highest BCUT2D eigenvalue weighted by Gasteiger charge is 2.31. The van der Waals surface area contributed by atoms with Crippen LogP contribution in [0.5, 0.6) is 0 Å². The SMILES string of the molecule is NC(=O)c1cccc2c1c1[c]cc(F)cc1n2Cc1cc(C(F)(F)F)ccc1F. The van der Waals surface area contributed by atoms with Gasteiger partial charge in [0, 0.05) is 21.9 Å². The van der Waals surface area contributed by atoms with Crippen molar-refractivity contribution in [3.63, 3.8) is 0 Å². The van der Waals surface area contributed by atoms with Gasteiger partial charge in [0.25, 0.3) is 0 Å². The summed E-state index contributed by atoms with van der Waals surface area (Å²) in [7, 11) is 0. The standard InChI is InChI=1S/C21H12F5N2O/c22-13-5-6-14-18(9-13)28(17-3-1-2-15(19(14)17)20(27)29)10-11-8-12(21(24,25)26)4-7-16(11)23/h1-5,7-9H,10H2,(H2,27,29). The lowest BCUT2D eigenvalue weighted by molar-refractivity contribution is -0.137. The Hall–Kier alpha value is -3.42. The largest absolute Gasteiger partial charge is 0.416 e. The maximum absolute atomic E-state index is 14.3. The monoisotopic (exact) mass is 403 g/mol. The number of halogens is 5. The van der Waals surface area contributed by atoms with Crippen molar-refractivity contribution in [2.45, 2.75) is 12.7 Å². The number of benzene rings is 3. The molecule has 29 heavy (non-hydrogen) atoms. The highest BCUT2D eigenvalue weighted by molar-refractivity contribution is 6.17. The minimum atomic E-state index is -4.64. The lowest BCUT2D eigenvalue weighted by Gasteiger charge is -2.12. The number of alkyl halides is 3. The van der Waals surface area contributed by atoms with E-state index in [1.165, 1.54) is 16.7 Å². The van der Waals surface area contributed by atoms with E-state index in [0.29, 0.717) is 28.4 Å². The van der Waals surface area contributed by atoms with Crippen LogP contribution in [0, 0.1) is 17.7 Å². The normalized spacial score (nSPS) is 12.0. The molecule has 1 aromatic heterocycles. The van der Waals surface area contributed by atoms with Crippen LogP contribution in [-0.4, -0.2) is 10.5 Å². The van der Waals surface area contributed by atoms with Gasteiger partial charge < -0.3 is 10.3 Å². The highest BCUT2D eigenvalue weighted by Crippen LogP contribution is 2.34. The van der Waals surface area contributed by atoms with Gasteiger partial charge in [-0.1, -0.05) is 6.07 Å². The molecule has 1 radical (unpaired) electrons. The first-order chi connectivity index (χ1) is 13.7. The Morgan fingerprint density at radius 1 is 1.07 bits per heavy atom. The molecule has 4 aromatic rings. The fraction of sp³-hybridized carbons (Fsp3) is 0.0952. The van der Waals surface area contributed by atoms with Crippen molar-refractivity contribution in [1.29, 1.82) is 0 Å². The van der Waals surface area contributed by atoms with Crippen molar-refractivity contribution in [1.82, 2.24) is 4.57 Å². The lowest BCUT2D eigenvalue weighted by Crippen LogP contribution is -2.11. The van der Waals surface area contributed by atoms with Crippen LogP contribution in [0.2, 0.25) is 0 Å². The van der Waals surface area contributed by atoms with Gasteiger partial charge in [-0.25, -0.2) is 8.78 Å². The van der Waals surface area contributed by atoms with E-state index in [1.807, 2.05) is 0 Å². The van der Waals surface area contributed by atoms with E-state index in [1.54, 1.807) is 6.07 Å². The molecule has 2 N–H and O–H groups in total. The first-order valence-corrected chi connectivity index (χ1v) is 8.44. The first-order valence-electron chi connectivity index (χ1n) is 8.44.